The van der Waals surface area contributed by atoms with Crippen LogP contribution in [0.25, 0.3) is 0 Å². The van der Waals surface area contributed by atoms with Crippen LogP contribution in [0.5, 0.6) is 0 Å². The first-order valence-electron chi connectivity index (χ1n) is 7.07. The maximum atomic E-state index is 12.3. The van der Waals surface area contributed by atoms with Crippen molar-refractivity contribution >= 4 is 34.9 Å². The predicted molar refractivity (Wildman–Crippen MR) is 87.7 cm³/mol. The van der Waals surface area contributed by atoms with E-state index in [1.165, 1.54) is 11.8 Å². The van der Waals surface area contributed by atoms with Crippen LogP contribution in [0.1, 0.15) is 24.9 Å². The van der Waals surface area contributed by atoms with Crippen LogP contribution in [0.2, 0.25) is 10.0 Å². The molecule has 1 atom stereocenters. The van der Waals surface area contributed by atoms with E-state index < -0.39 is 17.7 Å². The molecule has 5 nitrogen and oxygen atoms in total. The number of amides is 1. The molecule has 2 rings (SSSR count). The molecule has 1 unspecified atom stereocenters. The first kappa shape index (κ1) is 17.8. The van der Waals surface area contributed by atoms with E-state index in [-0.39, 0.29) is 11.4 Å². The van der Waals surface area contributed by atoms with E-state index in [1.54, 1.807) is 25.3 Å². The van der Waals surface area contributed by atoms with Gasteiger partial charge in [0, 0.05) is 30.3 Å². The van der Waals surface area contributed by atoms with Gasteiger partial charge < -0.3 is 14.7 Å². The van der Waals surface area contributed by atoms with E-state index in [9.17, 15) is 14.7 Å². The standard InChI is InChI=1S/C16H17Cl2NO4/c1-9(20)13-14(11-5-4-10(17)8-12(11)18)19(6-3-7-23-2)16(22)15(13)21/h4-5,8,14,21H,3,6-7H2,1-2H3. The minimum Gasteiger partial charge on any atom is -0.503 e. The quantitative estimate of drug-likeness (QED) is 0.793. The number of hydrogen-bond donors (Lipinski definition) is 1. The highest BCUT2D eigenvalue weighted by molar-refractivity contribution is 6.35. The number of carbonyl (C=O) groups excluding carboxylic acids is 2. The molecule has 7 heteroatoms. The van der Waals surface area contributed by atoms with E-state index in [1.807, 2.05) is 0 Å². The van der Waals surface area contributed by atoms with Crippen LogP contribution in [0, 0.1) is 0 Å². The second-order valence-electron chi connectivity index (χ2n) is 5.23. The van der Waals surface area contributed by atoms with Crippen LogP contribution < -0.4 is 0 Å². The Balaban J connectivity index is 2.47. The van der Waals surface area contributed by atoms with Crippen LogP contribution in [-0.4, -0.2) is 42.0 Å². The number of rotatable bonds is 6. The van der Waals surface area contributed by atoms with Gasteiger partial charge in [0.15, 0.2) is 11.5 Å². The number of methoxy groups -OCH3 is 1. The lowest BCUT2D eigenvalue weighted by Crippen LogP contribution is -2.32. The van der Waals surface area contributed by atoms with Gasteiger partial charge in [-0.1, -0.05) is 29.3 Å². The molecule has 0 saturated carbocycles. The maximum Gasteiger partial charge on any atom is 0.290 e. The third-order valence-corrected chi connectivity index (χ3v) is 4.25. The zero-order valence-corrected chi connectivity index (χ0v) is 14.3. The molecule has 0 radical (unpaired) electrons. The van der Waals surface area contributed by atoms with Crippen molar-refractivity contribution in [2.75, 3.05) is 20.3 Å². The molecular formula is C16H17Cl2NO4. The predicted octanol–water partition coefficient (Wildman–Crippen LogP) is 3.31. The summed E-state index contributed by atoms with van der Waals surface area (Å²) < 4.78 is 4.99. The molecule has 1 heterocycles. The van der Waals surface area contributed by atoms with Crippen molar-refractivity contribution in [2.45, 2.75) is 19.4 Å². The Kier molecular flexibility index (Phi) is 5.68. The van der Waals surface area contributed by atoms with E-state index in [0.717, 1.165) is 0 Å². The molecule has 0 aliphatic carbocycles. The number of aliphatic hydroxyl groups excluding tert-OH is 1. The maximum absolute atomic E-state index is 12.3. The van der Waals surface area contributed by atoms with Crippen molar-refractivity contribution in [3.05, 3.63) is 45.1 Å². The van der Waals surface area contributed by atoms with Gasteiger partial charge in [-0.15, -0.1) is 0 Å². The van der Waals surface area contributed by atoms with E-state index >= 15 is 0 Å². The molecule has 23 heavy (non-hydrogen) atoms. The fourth-order valence-electron chi connectivity index (χ4n) is 2.67. The van der Waals surface area contributed by atoms with Crippen LogP contribution >= 0.6 is 23.2 Å². The van der Waals surface area contributed by atoms with Gasteiger partial charge in [-0.2, -0.15) is 0 Å². The Morgan fingerprint density at radius 2 is 2.09 bits per heavy atom. The third-order valence-electron chi connectivity index (χ3n) is 3.69. The number of hydrogen-bond acceptors (Lipinski definition) is 4. The van der Waals surface area contributed by atoms with Crippen LogP contribution in [0.15, 0.2) is 29.5 Å². The van der Waals surface area contributed by atoms with Crippen LogP contribution in [0.3, 0.4) is 0 Å². The average Bonchev–Trinajstić information content (AvgIpc) is 2.72. The molecular weight excluding hydrogens is 341 g/mol. The molecule has 124 valence electrons. The molecule has 0 spiro atoms. The molecule has 1 aliphatic rings. The Morgan fingerprint density at radius 1 is 1.39 bits per heavy atom. The number of Topliss-reactive ketones (excluding diaryl/α,β-unsaturated/α-hetero) is 1. The lowest BCUT2D eigenvalue weighted by atomic mass is 9.96. The number of aliphatic hydroxyl groups is 1. The smallest absolute Gasteiger partial charge is 0.290 e. The molecule has 0 fully saturated rings. The Labute approximate surface area is 144 Å². The summed E-state index contributed by atoms with van der Waals surface area (Å²) >= 11 is 12.1. The minimum absolute atomic E-state index is 0.0524. The van der Waals surface area contributed by atoms with Crippen molar-refractivity contribution in [1.82, 2.24) is 4.90 Å². The van der Waals surface area contributed by atoms with Crippen molar-refractivity contribution < 1.29 is 19.4 Å². The molecule has 0 aromatic heterocycles. The summed E-state index contributed by atoms with van der Waals surface area (Å²) in [4.78, 5) is 25.7. The summed E-state index contributed by atoms with van der Waals surface area (Å²) in [6, 6.07) is 4.12. The first-order chi connectivity index (χ1) is 10.9. The van der Waals surface area contributed by atoms with Gasteiger partial charge in [0.25, 0.3) is 5.91 Å². The highest BCUT2D eigenvalue weighted by Gasteiger charge is 2.42. The summed E-state index contributed by atoms with van der Waals surface area (Å²) in [7, 11) is 1.57. The van der Waals surface area contributed by atoms with E-state index in [4.69, 9.17) is 27.9 Å². The summed E-state index contributed by atoms with van der Waals surface area (Å²) in [5.74, 6) is -1.48. The zero-order valence-electron chi connectivity index (χ0n) is 12.8. The molecule has 1 amide bonds. The second-order valence-corrected chi connectivity index (χ2v) is 6.08. The average molecular weight is 358 g/mol. The summed E-state index contributed by atoms with van der Waals surface area (Å²) in [5, 5.41) is 10.9. The highest BCUT2D eigenvalue weighted by atomic mass is 35.5. The summed E-state index contributed by atoms with van der Waals surface area (Å²) in [5.41, 5.74) is 0.604. The molecule has 1 aliphatic heterocycles. The van der Waals surface area contributed by atoms with Gasteiger partial charge in [-0.05, 0) is 31.0 Å². The van der Waals surface area contributed by atoms with Crippen LogP contribution in [-0.2, 0) is 14.3 Å². The zero-order chi connectivity index (χ0) is 17.1. The minimum atomic E-state index is -0.721. The first-order valence-corrected chi connectivity index (χ1v) is 7.83. The number of ether oxygens (including phenoxy) is 1. The topological polar surface area (TPSA) is 66.8 Å². The van der Waals surface area contributed by atoms with E-state index in [0.29, 0.717) is 35.2 Å². The van der Waals surface area contributed by atoms with Gasteiger partial charge in [0.05, 0.1) is 11.6 Å². The SMILES string of the molecule is COCCCN1C(=O)C(O)=C(C(C)=O)C1c1ccc(Cl)cc1Cl. The fraction of sp³-hybridized carbons (Fsp3) is 0.375. The fourth-order valence-corrected chi connectivity index (χ4v) is 3.18. The lowest BCUT2D eigenvalue weighted by molar-refractivity contribution is -0.129. The van der Waals surface area contributed by atoms with Crippen molar-refractivity contribution in [1.29, 1.82) is 0 Å². The highest BCUT2D eigenvalue weighted by Crippen LogP contribution is 2.41. The number of nitrogens with zero attached hydrogens (tertiary/aromatic N) is 1. The van der Waals surface area contributed by atoms with Gasteiger partial charge in [-0.3, -0.25) is 9.59 Å². The summed E-state index contributed by atoms with van der Waals surface area (Å²) in [6.45, 7) is 2.10. The van der Waals surface area contributed by atoms with E-state index in [2.05, 4.69) is 0 Å². The number of halogens is 2. The number of carbonyl (C=O) groups is 2. The molecule has 1 aromatic carbocycles. The lowest BCUT2D eigenvalue weighted by Gasteiger charge is -2.27. The third kappa shape index (κ3) is 3.52. The molecule has 1 aromatic rings. The molecule has 1 N–H and O–H groups in total. The monoisotopic (exact) mass is 357 g/mol. The van der Waals surface area contributed by atoms with Gasteiger partial charge in [-0.25, -0.2) is 0 Å². The second kappa shape index (κ2) is 7.34. The van der Waals surface area contributed by atoms with Crippen LogP contribution in [0.4, 0.5) is 0 Å². The summed E-state index contributed by atoms with van der Waals surface area (Å²) in [6.07, 6.45) is 0.572. The Hall–Kier alpha value is -1.56. The molecule has 0 bridgehead atoms. The normalized spacial score (nSPS) is 18.0. The van der Waals surface area contributed by atoms with Gasteiger partial charge >= 0.3 is 0 Å². The van der Waals surface area contributed by atoms with Gasteiger partial charge in [0.2, 0.25) is 0 Å². The Bertz CT molecular complexity index is 672. The molecule has 0 saturated heterocycles. The van der Waals surface area contributed by atoms with Crippen molar-refractivity contribution in [2.24, 2.45) is 0 Å². The Morgan fingerprint density at radius 3 is 2.65 bits per heavy atom. The number of benzene rings is 1. The number of ketones is 1. The van der Waals surface area contributed by atoms with Crippen molar-refractivity contribution in [3.8, 4) is 0 Å². The largest absolute Gasteiger partial charge is 0.503 e. The van der Waals surface area contributed by atoms with Crippen molar-refractivity contribution in [3.63, 3.8) is 0 Å². The van der Waals surface area contributed by atoms with Gasteiger partial charge in [0.1, 0.15) is 0 Å².